The SMILES string of the molecule is Cc1cccc(Cl)c1C(=O)N[C@H](C)Cc1ccc(-c2c(C)n(C)c(=O)n(C)c2=O)cc1. The molecule has 3 aromatic rings. The molecule has 0 saturated heterocycles. The van der Waals surface area contributed by atoms with Crippen LogP contribution in [0.3, 0.4) is 0 Å². The number of aryl methyl sites for hydroxylation is 1. The monoisotopic (exact) mass is 439 g/mol. The number of halogens is 1. The fraction of sp³-hybridized carbons (Fsp3) is 0.292. The first-order chi connectivity index (χ1) is 14.6. The quantitative estimate of drug-likeness (QED) is 0.662. The van der Waals surface area contributed by atoms with E-state index in [1.165, 1.54) is 11.6 Å². The average Bonchev–Trinajstić information content (AvgIpc) is 2.72. The molecule has 0 aliphatic rings. The van der Waals surface area contributed by atoms with Gasteiger partial charge in [-0.1, -0.05) is 48.0 Å². The lowest BCUT2D eigenvalue weighted by atomic mass is 10.0. The smallest absolute Gasteiger partial charge is 0.330 e. The van der Waals surface area contributed by atoms with Gasteiger partial charge in [0.1, 0.15) is 0 Å². The molecule has 162 valence electrons. The van der Waals surface area contributed by atoms with Gasteiger partial charge in [-0.25, -0.2) is 4.79 Å². The Morgan fingerprint density at radius 3 is 2.29 bits per heavy atom. The van der Waals surface area contributed by atoms with Crippen LogP contribution in [-0.4, -0.2) is 21.1 Å². The molecule has 0 bridgehead atoms. The van der Waals surface area contributed by atoms with E-state index in [0.717, 1.165) is 21.3 Å². The van der Waals surface area contributed by atoms with Crippen molar-refractivity contribution < 1.29 is 4.79 Å². The number of nitrogens with zero attached hydrogens (tertiary/aromatic N) is 2. The molecule has 0 radical (unpaired) electrons. The maximum absolute atomic E-state index is 12.6. The Morgan fingerprint density at radius 1 is 1.03 bits per heavy atom. The number of carbonyl (C=O) groups excluding carboxylic acids is 1. The topological polar surface area (TPSA) is 73.1 Å². The van der Waals surface area contributed by atoms with Crippen molar-refractivity contribution in [1.82, 2.24) is 14.5 Å². The van der Waals surface area contributed by atoms with Crippen LogP contribution >= 0.6 is 11.6 Å². The highest BCUT2D eigenvalue weighted by molar-refractivity contribution is 6.34. The van der Waals surface area contributed by atoms with E-state index < -0.39 is 0 Å². The zero-order valence-electron chi connectivity index (χ0n) is 18.3. The third-order valence-electron chi connectivity index (χ3n) is 5.57. The number of hydrogen-bond acceptors (Lipinski definition) is 3. The minimum Gasteiger partial charge on any atom is -0.349 e. The Bertz CT molecular complexity index is 1240. The van der Waals surface area contributed by atoms with Crippen LogP contribution in [0.1, 0.15) is 34.1 Å². The Hall–Kier alpha value is -3.12. The molecule has 1 heterocycles. The molecule has 3 rings (SSSR count). The first-order valence-corrected chi connectivity index (χ1v) is 10.4. The van der Waals surface area contributed by atoms with Crippen LogP contribution in [-0.2, 0) is 20.5 Å². The lowest BCUT2D eigenvalue weighted by Gasteiger charge is -2.16. The summed E-state index contributed by atoms with van der Waals surface area (Å²) < 4.78 is 2.59. The van der Waals surface area contributed by atoms with Crippen LogP contribution in [0.15, 0.2) is 52.1 Å². The van der Waals surface area contributed by atoms with E-state index in [4.69, 9.17) is 11.6 Å². The second kappa shape index (κ2) is 8.94. The van der Waals surface area contributed by atoms with E-state index in [-0.39, 0.29) is 23.2 Å². The number of benzene rings is 2. The van der Waals surface area contributed by atoms with Gasteiger partial charge in [0, 0.05) is 25.8 Å². The van der Waals surface area contributed by atoms with Crippen LogP contribution in [0.5, 0.6) is 0 Å². The van der Waals surface area contributed by atoms with Crippen molar-refractivity contribution in [1.29, 1.82) is 0 Å². The Kier molecular flexibility index (Phi) is 6.51. The van der Waals surface area contributed by atoms with E-state index in [2.05, 4.69) is 5.32 Å². The summed E-state index contributed by atoms with van der Waals surface area (Å²) in [5.74, 6) is -0.198. The fourth-order valence-electron chi connectivity index (χ4n) is 3.71. The lowest BCUT2D eigenvalue weighted by Crippen LogP contribution is -2.39. The summed E-state index contributed by atoms with van der Waals surface area (Å²) in [4.78, 5) is 37.3. The van der Waals surface area contributed by atoms with Gasteiger partial charge in [0.05, 0.1) is 16.1 Å². The van der Waals surface area contributed by atoms with E-state index >= 15 is 0 Å². The van der Waals surface area contributed by atoms with Crippen LogP contribution in [0.4, 0.5) is 0 Å². The Balaban J connectivity index is 1.78. The number of amides is 1. The summed E-state index contributed by atoms with van der Waals surface area (Å²) >= 11 is 6.19. The standard InChI is InChI=1S/C24H26ClN3O3/c1-14-7-6-8-19(25)20(14)22(29)26-15(2)13-17-9-11-18(12-10-17)21-16(3)27(4)24(31)28(5)23(21)30/h6-12,15H,13H2,1-5H3,(H,26,29)/t15-/m1/s1. The molecule has 0 spiro atoms. The summed E-state index contributed by atoms with van der Waals surface area (Å²) in [7, 11) is 3.13. The van der Waals surface area contributed by atoms with Crippen molar-refractivity contribution in [2.75, 3.05) is 0 Å². The van der Waals surface area contributed by atoms with Crippen LogP contribution in [0.25, 0.3) is 11.1 Å². The second-order valence-corrected chi connectivity index (χ2v) is 8.28. The van der Waals surface area contributed by atoms with Crippen molar-refractivity contribution in [3.05, 3.63) is 90.7 Å². The van der Waals surface area contributed by atoms with Gasteiger partial charge in [0.25, 0.3) is 11.5 Å². The summed E-state index contributed by atoms with van der Waals surface area (Å²) in [5, 5.41) is 3.43. The Morgan fingerprint density at radius 2 is 1.68 bits per heavy atom. The van der Waals surface area contributed by atoms with Crippen LogP contribution < -0.4 is 16.6 Å². The molecule has 0 aliphatic heterocycles. The predicted molar refractivity (Wildman–Crippen MR) is 124 cm³/mol. The highest BCUT2D eigenvalue weighted by Gasteiger charge is 2.17. The van der Waals surface area contributed by atoms with Crippen molar-refractivity contribution in [3.63, 3.8) is 0 Å². The third-order valence-corrected chi connectivity index (χ3v) is 5.88. The maximum atomic E-state index is 12.6. The summed E-state index contributed by atoms with van der Waals surface area (Å²) in [6.07, 6.45) is 0.625. The fourth-order valence-corrected chi connectivity index (χ4v) is 4.01. The lowest BCUT2D eigenvalue weighted by molar-refractivity contribution is 0.0939. The van der Waals surface area contributed by atoms with Gasteiger partial charge in [0.2, 0.25) is 0 Å². The molecule has 1 amide bonds. The number of rotatable bonds is 5. The minimum atomic E-state index is -0.346. The van der Waals surface area contributed by atoms with Gasteiger partial charge in [-0.2, -0.15) is 0 Å². The van der Waals surface area contributed by atoms with Crippen molar-refractivity contribution in [2.24, 2.45) is 14.1 Å². The van der Waals surface area contributed by atoms with Gasteiger partial charge in [-0.05, 0) is 49.9 Å². The van der Waals surface area contributed by atoms with Gasteiger partial charge >= 0.3 is 5.69 Å². The molecule has 0 unspecified atom stereocenters. The van der Waals surface area contributed by atoms with Gasteiger partial charge < -0.3 is 9.88 Å². The first-order valence-electron chi connectivity index (χ1n) is 10.0. The molecule has 1 aromatic heterocycles. The highest BCUT2D eigenvalue weighted by Crippen LogP contribution is 2.21. The second-order valence-electron chi connectivity index (χ2n) is 7.87. The largest absolute Gasteiger partial charge is 0.349 e. The first kappa shape index (κ1) is 22.6. The molecule has 1 atom stereocenters. The predicted octanol–water partition coefficient (Wildman–Crippen LogP) is 3.38. The highest BCUT2D eigenvalue weighted by atomic mass is 35.5. The summed E-state index contributed by atoms with van der Waals surface area (Å²) in [6.45, 7) is 5.56. The molecular weight excluding hydrogens is 414 g/mol. The van der Waals surface area contributed by atoms with Crippen molar-refractivity contribution in [2.45, 2.75) is 33.2 Å². The average molecular weight is 440 g/mol. The molecule has 1 N–H and O–H groups in total. The molecule has 0 aliphatic carbocycles. The molecule has 6 nitrogen and oxygen atoms in total. The number of carbonyl (C=O) groups is 1. The van der Waals surface area contributed by atoms with Crippen LogP contribution in [0.2, 0.25) is 5.02 Å². The minimum absolute atomic E-state index is 0.110. The van der Waals surface area contributed by atoms with E-state index in [9.17, 15) is 14.4 Å². The molecule has 31 heavy (non-hydrogen) atoms. The maximum Gasteiger partial charge on any atom is 0.330 e. The van der Waals surface area contributed by atoms with E-state index in [1.54, 1.807) is 20.0 Å². The summed E-state index contributed by atoms with van der Waals surface area (Å²) in [6, 6.07) is 12.9. The molecular formula is C24H26ClN3O3. The van der Waals surface area contributed by atoms with E-state index in [1.807, 2.05) is 50.2 Å². The molecule has 0 fully saturated rings. The number of hydrogen-bond donors (Lipinski definition) is 1. The van der Waals surface area contributed by atoms with Crippen molar-refractivity contribution >= 4 is 17.5 Å². The number of aromatic nitrogens is 2. The van der Waals surface area contributed by atoms with Gasteiger partial charge in [-0.15, -0.1) is 0 Å². The third kappa shape index (κ3) is 4.49. The molecule has 0 saturated carbocycles. The molecule has 7 heteroatoms. The zero-order valence-corrected chi connectivity index (χ0v) is 19.1. The normalized spacial score (nSPS) is 11.9. The van der Waals surface area contributed by atoms with Crippen molar-refractivity contribution in [3.8, 4) is 11.1 Å². The van der Waals surface area contributed by atoms with E-state index in [0.29, 0.717) is 28.3 Å². The van der Waals surface area contributed by atoms with Gasteiger partial charge in [0.15, 0.2) is 0 Å². The number of nitrogens with one attached hydrogen (secondary N) is 1. The summed E-state index contributed by atoms with van der Waals surface area (Å²) in [5.41, 5.74) is 3.56. The molecule has 2 aromatic carbocycles. The van der Waals surface area contributed by atoms with Crippen LogP contribution in [0, 0.1) is 13.8 Å². The van der Waals surface area contributed by atoms with Gasteiger partial charge in [-0.3, -0.25) is 14.2 Å². The zero-order chi connectivity index (χ0) is 22.9. The Labute approximate surface area is 186 Å².